The lowest BCUT2D eigenvalue weighted by Crippen LogP contribution is -1.96. The smallest absolute Gasteiger partial charge is 0.339 e. The van der Waals surface area contributed by atoms with Crippen molar-refractivity contribution in [2.45, 2.75) is 0 Å². The number of para-hydroxylation sites is 1. The highest BCUT2D eigenvalue weighted by molar-refractivity contribution is 8.13. The molecule has 2 heterocycles. The Morgan fingerprint density at radius 2 is 1.53 bits per heavy atom. The summed E-state index contributed by atoms with van der Waals surface area (Å²) < 4.78 is 4.69. The van der Waals surface area contributed by atoms with Crippen LogP contribution in [-0.4, -0.2) is 53.2 Å². The number of aromatic carboxylic acids is 2. The molecule has 0 aliphatic carbocycles. The standard InChI is InChI=1S/C8H6N2OS2.C7H6O3.C6H3Cl2NO2/c1-12-8(11)5-3-2-4-6-7(5)13-10-9-6;8-6-4-2-1-3-5(6)7(9)10;7-4-1-3(6(10)11)2-5(8)9-4/h2-4H,1H3;1-4,8H,(H,9,10);1-2H,(H,10,11). The Hall–Kier alpha value is -3.25. The zero-order valence-electron chi connectivity index (χ0n) is 17.2. The van der Waals surface area contributed by atoms with E-state index < -0.39 is 11.9 Å². The third-order valence-electron chi connectivity index (χ3n) is 3.82. The summed E-state index contributed by atoms with van der Waals surface area (Å²) in [7, 11) is 0. The van der Waals surface area contributed by atoms with E-state index >= 15 is 0 Å². The van der Waals surface area contributed by atoms with Gasteiger partial charge in [-0.15, -0.1) is 5.10 Å². The van der Waals surface area contributed by atoms with Gasteiger partial charge in [-0.1, -0.05) is 57.7 Å². The van der Waals surface area contributed by atoms with Crippen LogP contribution in [0.4, 0.5) is 0 Å². The molecule has 9 nitrogen and oxygen atoms in total. The molecule has 2 aromatic heterocycles. The molecule has 0 saturated carbocycles. The second-order valence-corrected chi connectivity index (χ2v) is 8.35. The first-order chi connectivity index (χ1) is 16.1. The summed E-state index contributed by atoms with van der Waals surface area (Å²) in [5.74, 6) is -2.38. The number of carboxylic acid groups (broad SMARTS) is 2. The highest BCUT2D eigenvalue weighted by atomic mass is 35.5. The van der Waals surface area contributed by atoms with Crippen LogP contribution >= 0.6 is 46.5 Å². The number of benzene rings is 2. The van der Waals surface area contributed by atoms with Gasteiger partial charge in [-0.25, -0.2) is 14.6 Å². The fourth-order valence-electron chi connectivity index (χ4n) is 2.32. The zero-order chi connectivity index (χ0) is 25.3. The molecule has 0 fully saturated rings. The molecule has 4 rings (SSSR count). The van der Waals surface area contributed by atoms with Crippen molar-refractivity contribution in [3.05, 3.63) is 81.6 Å². The molecular weight excluding hydrogens is 525 g/mol. The molecule has 0 atom stereocenters. The van der Waals surface area contributed by atoms with Crippen molar-refractivity contribution in [3.63, 3.8) is 0 Å². The number of aromatic nitrogens is 3. The Bertz CT molecular complexity index is 1310. The van der Waals surface area contributed by atoms with Gasteiger partial charge in [-0.05, 0) is 54.2 Å². The number of pyridine rings is 1. The molecule has 0 aliphatic rings. The zero-order valence-corrected chi connectivity index (χ0v) is 20.3. The molecule has 4 aromatic rings. The van der Waals surface area contributed by atoms with Crippen LogP contribution in [0.5, 0.6) is 5.75 Å². The number of halogens is 2. The van der Waals surface area contributed by atoms with Gasteiger partial charge in [-0.2, -0.15) is 0 Å². The number of hydrogen-bond donors (Lipinski definition) is 3. The first-order valence-corrected chi connectivity index (χ1v) is 11.8. The Morgan fingerprint density at radius 1 is 0.912 bits per heavy atom. The predicted octanol–water partition coefficient (Wildman–Crippen LogP) is 5.37. The Kier molecular flexibility index (Phi) is 10.2. The van der Waals surface area contributed by atoms with E-state index in [1.165, 1.54) is 47.6 Å². The molecule has 0 radical (unpaired) electrons. The lowest BCUT2D eigenvalue weighted by molar-refractivity contribution is 0.0684. The van der Waals surface area contributed by atoms with Crippen LogP contribution in [-0.2, 0) is 0 Å². The lowest BCUT2D eigenvalue weighted by Gasteiger charge is -1.95. The highest BCUT2D eigenvalue weighted by Gasteiger charge is 2.10. The van der Waals surface area contributed by atoms with Crippen LogP contribution in [0.15, 0.2) is 54.6 Å². The summed E-state index contributed by atoms with van der Waals surface area (Å²) in [5.41, 5.74) is 1.47. The van der Waals surface area contributed by atoms with Crippen molar-refractivity contribution in [1.29, 1.82) is 0 Å². The summed E-state index contributed by atoms with van der Waals surface area (Å²) in [6.45, 7) is 0. The number of nitrogens with zero attached hydrogens (tertiary/aromatic N) is 3. The number of phenols is 1. The van der Waals surface area contributed by atoms with Gasteiger partial charge in [0.1, 0.15) is 27.1 Å². The molecule has 3 N–H and O–H groups in total. The van der Waals surface area contributed by atoms with Gasteiger partial charge < -0.3 is 15.3 Å². The van der Waals surface area contributed by atoms with Crippen molar-refractivity contribution >= 4 is 73.8 Å². The molecule has 0 bridgehead atoms. The SMILES string of the molecule is CSC(=O)c1cccc2nnsc12.O=C(O)c1cc(Cl)nc(Cl)c1.O=C(O)c1ccccc1O. The lowest BCUT2D eigenvalue weighted by atomic mass is 10.2. The minimum absolute atomic E-state index is 0.0370. The number of fused-ring (bicyclic) bond motifs is 1. The van der Waals surface area contributed by atoms with Crippen molar-refractivity contribution in [1.82, 2.24) is 14.6 Å². The first kappa shape index (κ1) is 27.0. The van der Waals surface area contributed by atoms with E-state index in [1.54, 1.807) is 24.5 Å². The maximum Gasteiger partial charge on any atom is 0.339 e. The summed E-state index contributed by atoms with van der Waals surface area (Å²) in [6, 6.07) is 13.8. The summed E-state index contributed by atoms with van der Waals surface area (Å²) in [4.78, 5) is 35.6. The average molecular weight is 540 g/mol. The first-order valence-electron chi connectivity index (χ1n) is 9.01. The number of hydrogen-bond acceptors (Lipinski definition) is 9. The van der Waals surface area contributed by atoms with E-state index in [9.17, 15) is 14.4 Å². The van der Waals surface area contributed by atoms with Crippen molar-refractivity contribution < 1.29 is 29.7 Å². The van der Waals surface area contributed by atoms with Gasteiger partial charge in [0.25, 0.3) is 0 Å². The van der Waals surface area contributed by atoms with Gasteiger partial charge in [0.05, 0.1) is 10.3 Å². The van der Waals surface area contributed by atoms with E-state index in [1.807, 2.05) is 12.1 Å². The van der Waals surface area contributed by atoms with E-state index in [0.29, 0.717) is 5.56 Å². The number of carbonyl (C=O) groups excluding carboxylic acids is 1. The normalized spacial score (nSPS) is 9.85. The minimum Gasteiger partial charge on any atom is -0.507 e. The molecule has 13 heteroatoms. The van der Waals surface area contributed by atoms with Gasteiger partial charge in [-0.3, -0.25) is 4.79 Å². The predicted molar refractivity (Wildman–Crippen MR) is 132 cm³/mol. The maximum atomic E-state index is 11.4. The third kappa shape index (κ3) is 7.66. The molecule has 0 saturated heterocycles. The van der Waals surface area contributed by atoms with Crippen molar-refractivity contribution in [3.8, 4) is 5.75 Å². The summed E-state index contributed by atoms with van der Waals surface area (Å²) >= 11 is 13.3. The van der Waals surface area contributed by atoms with Crippen molar-refractivity contribution in [2.75, 3.05) is 6.26 Å². The largest absolute Gasteiger partial charge is 0.507 e. The maximum absolute atomic E-state index is 11.4. The Labute approximate surface area is 211 Å². The fraction of sp³-hybridized carbons (Fsp3) is 0.0476. The topological polar surface area (TPSA) is 151 Å². The molecule has 0 spiro atoms. The number of rotatable bonds is 3. The van der Waals surface area contributed by atoms with Crippen LogP contribution in [0.3, 0.4) is 0 Å². The molecule has 0 aliphatic heterocycles. The van der Waals surface area contributed by atoms with Crippen LogP contribution in [0.2, 0.25) is 10.3 Å². The Morgan fingerprint density at radius 3 is 2.06 bits per heavy atom. The summed E-state index contributed by atoms with van der Waals surface area (Å²) in [6.07, 6.45) is 1.77. The number of aromatic hydroxyl groups is 1. The fourth-order valence-corrected chi connectivity index (χ4v) is 3.91. The molecule has 0 unspecified atom stereocenters. The van der Waals surface area contributed by atoms with Gasteiger partial charge in [0, 0.05) is 5.56 Å². The molecule has 34 heavy (non-hydrogen) atoms. The number of carboxylic acids is 2. The van der Waals surface area contributed by atoms with Gasteiger partial charge in [0.15, 0.2) is 0 Å². The Balaban J connectivity index is 0.000000182. The molecular formula is C21H15Cl2N3O6S2. The third-order valence-corrected chi connectivity index (χ3v) is 5.58. The van der Waals surface area contributed by atoms with Crippen molar-refractivity contribution in [2.24, 2.45) is 0 Å². The second kappa shape index (κ2) is 12.8. The number of thioether (sulfide) groups is 1. The van der Waals surface area contributed by atoms with Gasteiger partial charge >= 0.3 is 11.9 Å². The molecule has 176 valence electrons. The minimum atomic E-state index is -1.11. The number of carbonyl (C=O) groups is 3. The van der Waals surface area contributed by atoms with E-state index in [4.69, 9.17) is 38.5 Å². The van der Waals surface area contributed by atoms with Crippen LogP contribution < -0.4 is 0 Å². The van der Waals surface area contributed by atoms with Crippen LogP contribution in [0.1, 0.15) is 31.1 Å². The van der Waals surface area contributed by atoms with E-state index in [0.717, 1.165) is 10.2 Å². The van der Waals surface area contributed by atoms with E-state index in [2.05, 4.69) is 14.6 Å². The summed E-state index contributed by atoms with van der Waals surface area (Å²) in [5, 5.41) is 29.9. The monoisotopic (exact) mass is 539 g/mol. The van der Waals surface area contributed by atoms with E-state index in [-0.39, 0.29) is 32.3 Å². The molecule has 0 amide bonds. The van der Waals surface area contributed by atoms with Gasteiger partial charge in [0.2, 0.25) is 5.12 Å². The second-order valence-electron chi connectivity index (χ2n) is 6.05. The molecule has 2 aromatic carbocycles. The van der Waals surface area contributed by atoms with Crippen LogP contribution in [0, 0.1) is 0 Å². The van der Waals surface area contributed by atoms with Crippen LogP contribution in [0.25, 0.3) is 10.2 Å². The average Bonchev–Trinajstić information content (AvgIpc) is 3.28. The highest BCUT2D eigenvalue weighted by Crippen LogP contribution is 2.23. The quantitative estimate of drug-likeness (QED) is 0.289.